The maximum absolute atomic E-state index is 13.1. The Balaban J connectivity index is 1.35. The van der Waals surface area contributed by atoms with Crippen LogP contribution in [-0.4, -0.2) is 78.7 Å². The number of nitrogens with one attached hydrogen (secondary N) is 1. The summed E-state index contributed by atoms with van der Waals surface area (Å²) in [7, 11) is 1.25. The number of anilines is 1. The van der Waals surface area contributed by atoms with Crippen molar-refractivity contribution in [3.8, 4) is 11.5 Å². The number of carbonyl (C=O) groups is 3. The zero-order valence-electron chi connectivity index (χ0n) is 20.6. The molecule has 2 aliphatic heterocycles. The highest BCUT2D eigenvalue weighted by Crippen LogP contribution is 2.44. The maximum atomic E-state index is 13.1. The third-order valence-corrected chi connectivity index (χ3v) is 10.9. The van der Waals surface area contributed by atoms with Crippen molar-refractivity contribution < 1.29 is 34.5 Å². The normalized spacial score (nSPS) is 18.7. The number of aromatic nitrogens is 1. The number of aromatic hydroxyl groups is 2. The molecule has 1 aromatic carbocycles. The molecular weight excluding hydrogens is 638 g/mol. The van der Waals surface area contributed by atoms with Gasteiger partial charge in [0.2, 0.25) is 0 Å². The molecular formula is C23H18ClN5O8S4. The third kappa shape index (κ3) is 5.30. The third-order valence-electron chi connectivity index (χ3n) is 5.98. The van der Waals surface area contributed by atoms with Gasteiger partial charge >= 0.3 is 5.97 Å². The van der Waals surface area contributed by atoms with Crippen LogP contribution in [0.5, 0.6) is 11.5 Å². The number of carboxylic acid groups (broad SMARTS) is 1. The summed E-state index contributed by atoms with van der Waals surface area (Å²) in [5, 5.41) is 37.0. The van der Waals surface area contributed by atoms with Gasteiger partial charge in [-0.15, -0.1) is 46.2 Å². The number of carboxylic acids is 1. The first kappa shape index (κ1) is 29.0. The summed E-state index contributed by atoms with van der Waals surface area (Å²) in [5.74, 6) is -3.32. The molecule has 13 nitrogen and oxygen atoms in total. The van der Waals surface area contributed by atoms with Crippen LogP contribution in [0.1, 0.15) is 5.69 Å². The van der Waals surface area contributed by atoms with Crippen LogP contribution in [0.3, 0.4) is 0 Å². The molecule has 6 N–H and O–H groups in total. The molecule has 0 saturated carbocycles. The van der Waals surface area contributed by atoms with Crippen LogP contribution >= 0.6 is 57.8 Å². The van der Waals surface area contributed by atoms with Gasteiger partial charge in [0.05, 0.1) is 8.91 Å². The number of rotatable bonds is 8. The molecule has 5 rings (SSSR count). The summed E-state index contributed by atoms with van der Waals surface area (Å²) in [5.41, 5.74) is 5.45. The second-order valence-corrected chi connectivity index (χ2v) is 13.2. The first-order valence-electron chi connectivity index (χ1n) is 11.4. The lowest BCUT2D eigenvalue weighted by Gasteiger charge is -2.49. The van der Waals surface area contributed by atoms with E-state index in [1.54, 1.807) is 0 Å². The van der Waals surface area contributed by atoms with Crippen LogP contribution in [0.25, 0.3) is 10.1 Å². The molecule has 2 aliphatic rings. The van der Waals surface area contributed by atoms with Crippen molar-refractivity contribution in [3.05, 3.63) is 49.7 Å². The van der Waals surface area contributed by atoms with Crippen molar-refractivity contribution in [3.63, 3.8) is 0 Å². The fraction of sp³-hybridized carbons (Fsp3) is 0.217. The fourth-order valence-corrected chi connectivity index (χ4v) is 8.70. The summed E-state index contributed by atoms with van der Waals surface area (Å²) in [6, 6.07) is 1.46. The Morgan fingerprint density at radius 1 is 1.34 bits per heavy atom. The number of halogens is 1. The van der Waals surface area contributed by atoms with Crippen LogP contribution < -0.4 is 16.5 Å². The van der Waals surface area contributed by atoms with Crippen LogP contribution in [-0.2, 0) is 19.2 Å². The molecule has 18 heteroatoms. The van der Waals surface area contributed by atoms with Gasteiger partial charge in [0, 0.05) is 28.3 Å². The molecule has 4 heterocycles. The molecule has 2 amide bonds. The number of carbonyl (C=O) groups excluding carboxylic acids is 2. The number of benzene rings is 1. The van der Waals surface area contributed by atoms with E-state index in [1.165, 1.54) is 42.1 Å². The molecule has 0 bridgehead atoms. The van der Waals surface area contributed by atoms with E-state index in [0.29, 0.717) is 9.78 Å². The zero-order chi connectivity index (χ0) is 29.6. The van der Waals surface area contributed by atoms with Gasteiger partial charge in [-0.05, 0) is 11.6 Å². The van der Waals surface area contributed by atoms with E-state index in [4.69, 9.17) is 22.2 Å². The molecule has 0 unspecified atom stereocenters. The highest BCUT2D eigenvalue weighted by molar-refractivity contribution is 8.02. The molecule has 3 aromatic rings. The Labute approximate surface area is 251 Å². The van der Waals surface area contributed by atoms with E-state index >= 15 is 0 Å². The SMILES string of the molecule is CO/N=C(\C(=O)N[C@@H]1C(=O)N2C(C(=O)O)=C(CSc3cc(=O)c4cc(O)c(O)c(Cl)c4s3)CS[C@@H]12)c1csc(N)n1. The Morgan fingerprint density at radius 2 is 2.10 bits per heavy atom. The quantitative estimate of drug-likeness (QED) is 0.0779. The van der Waals surface area contributed by atoms with Gasteiger partial charge in [0.15, 0.2) is 27.8 Å². The molecule has 214 valence electrons. The Kier molecular flexibility index (Phi) is 8.06. The number of thiazole rings is 1. The minimum atomic E-state index is -1.31. The largest absolute Gasteiger partial charge is 0.504 e. The smallest absolute Gasteiger partial charge is 0.352 e. The molecule has 2 atom stereocenters. The number of hydrogen-bond acceptors (Lipinski definition) is 14. The van der Waals surface area contributed by atoms with E-state index in [0.717, 1.165) is 33.6 Å². The van der Waals surface area contributed by atoms with E-state index in [-0.39, 0.29) is 48.8 Å². The number of β-lactam (4-membered cyclic amide) rings is 1. The monoisotopic (exact) mass is 655 g/mol. The number of thioether (sulfide) groups is 2. The predicted molar refractivity (Wildman–Crippen MR) is 157 cm³/mol. The number of nitrogens with zero attached hydrogens (tertiary/aromatic N) is 3. The van der Waals surface area contributed by atoms with Gasteiger partial charge in [0.1, 0.15) is 34.9 Å². The number of phenolic OH excluding ortho intramolecular Hbond substituents is 2. The summed E-state index contributed by atoms with van der Waals surface area (Å²) in [6.07, 6.45) is 0. The number of nitrogens with two attached hydrogens (primary N) is 1. The lowest BCUT2D eigenvalue weighted by atomic mass is 10.0. The number of phenols is 2. The van der Waals surface area contributed by atoms with Crippen molar-refractivity contribution in [2.75, 3.05) is 24.3 Å². The highest BCUT2D eigenvalue weighted by Gasteiger charge is 2.54. The Bertz CT molecular complexity index is 1740. The Hall–Kier alpha value is -3.51. The van der Waals surface area contributed by atoms with Gasteiger partial charge in [0.25, 0.3) is 11.8 Å². The van der Waals surface area contributed by atoms with Crippen LogP contribution in [0, 0.1) is 0 Å². The highest BCUT2D eigenvalue weighted by atomic mass is 35.5. The summed E-state index contributed by atoms with van der Waals surface area (Å²) in [6.45, 7) is 0. The summed E-state index contributed by atoms with van der Waals surface area (Å²) >= 11 is 10.8. The van der Waals surface area contributed by atoms with Crippen molar-refractivity contribution >= 4 is 96.5 Å². The first-order valence-corrected chi connectivity index (χ1v) is 15.5. The van der Waals surface area contributed by atoms with Crippen LogP contribution in [0.4, 0.5) is 5.13 Å². The molecule has 0 aliphatic carbocycles. The van der Waals surface area contributed by atoms with E-state index in [9.17, 15) is 34.5 Å². The van der Waals surface area contributed by atoms with E-state index < -0.39 is 46.1 Å². The number of amides is 2. The van der Waals surface area contributed by atoms with Crippen molar-refractivity contribution in [1.29, 1.82) is 0 Å². The Morgan fingerprint density at radius 3 is 2.76 bits per heavy atom. The van der Waals surface area contributed by atoms with Gasteiger partial charge in [-0.25, -0.2) is 9.78 Å². The molecule has 0 spiro atoms. The molecule has 0 radical (unpaired) electrons. The predicted octanol–water partition coefficient (Wildman–Crippen LogP) is 2.25. The van der Waals surface area contributed by atoms with Crippen molar-refractivity contribution in [2.24, 2.45) is 5.16 Å². The van der Waals surface area contributed by atoms with Gasteiger partial charge in [-0.3, -0.25) is 19.3 Å². The standard InChI is InChI=1S/C23H18ClN5O8S4/c1-37-28-14(9-6-40-23(25)26-9)19(33)27-15-20(34)29-16(22(35)36)7(5-39-21(15)29)4-38-12-3-10(30)8-2-11(31)17(32)13(24)18(8)41-12/h2-3,6,15,21,31-32H,4-5H2,1H3,(H2,25,26)(H,27,33)(H,35,36)/b28-14-/t15-,21+/m1/s1. The van der Waals surface area contributed by atoms with E-state index in [1.807, 2.05) is 0 Å². The summed E-state index contributed by atoms with van der Waals surface area (Å²) < 4.78 is 0.766. The van der Waals surface area contributed by atoms with Crippen molar-refractivity contribution in [2.45, 2.75) is 15.6 Å². The van der Waals surface area contributed by atoms with Gasteiger partial charge in [-0.2, -0.15) is 0 Å². The molecule has 1 saturated heterocycles. The number of aliphatic carboxylic acids is 1. The molecule has 1 fully saturated rings. The second kappa shape index (κ2) is 11.4. The lowest BCUT2D eigenvalue weighted by molar-refractivity contribution is -0.150. The number of oxime groups is 1. The minimum absolute atomic E-state index is 0.136. The average Bonchev–Trinajstić information content (AvgIpc) is 3.37. The minimum Gasteiger partial charge on any atom is -0.504 e. The molecule has 2 aromatic heterocycles. The number of fused-ring (bicyclic) bond motifs is 2. The zero-order valence-corrected chi connectivity index (χ0v) is 24.6. The van der Waals surface area contributed by atoms with Crippen molar-refractivity contribution in [1.82, 2.24) is 15.2 Å². The van der Waals surface area contributed by atoms with Gasteiger partial charge in [-0.1, -0.05) is 16.8 Å². The van der Waals surface area contributed by atoms with Crippen LogP contribution in [0.2, 0.25) is 5.02 Å². The average molecular weight is 656 g/mol. The molecule has 41 heavy (non-hydrogen) atoms. The summed E-state index contributed by atoms with van der Waals surface area (Å²) in [4.78, 5) is 60.7. The van der Waals surface area contributed by atoms with Gasteiger partial charge < -0.3 is 31.2 Å². The fourth-order valence-electron chi connectivity index (χ4n) is 4.13. The van der Waals surface area contributed by atoms with E-state index in [2.05, 4.69) is 15.5 Å². The maximum Gasteiger partial charge on any atom is 0.352 e. The second-order valence-electron chi connectivity index (χ2n) is 8.47. The van der Waals surface area contributed by atoms with Crippen LogP contribution in [0.15, 0.2) is 42.9 Å². The number of hydrogen-bond donors (Lipinski definition) is 5. The lowest BCUT2D eigenvalue weighted by Crippen LogP contribution is -2.71. The topological polar surface area (TPSA) is 205 Å². The first-order chi connectivity index (χ1) is 19.5. The number of nitrogen functional groups attached to an aromatic ring is 1.